The van der Waals surface area contributed by atoms with Crippen molar-refractivity contribution in [2.24, 2.45) is 5.73 Å². The molecular formula is C10H13Br2N. The van der Waals surface area contributed by atoms with Crippen LogP contribution in [0.4, 0.5) is 0 Å². The average Bonchev–Trinajstić information content (AvgIpc) is 2.09. The summed E-state index contributed by atoms with van der Waals surface area (Å²) in [6.45, 7) is 2.14. The number of hydrogen-bond acceptors (Lipinski definition) is 1. The first-order chi connectivity index (χ1) is 6.15. The predicted octanol–water partition coefficient (Wildman–Crippen LogP) is 4.01. The fourth-order valence-corrected chi connectivity index (χ4v) is 2.18. The lowest BCUT2D eigenvalue weighted by Crippen LogP contribution is -2.10. The Bertz CT molecular complexity index is 286. The van der Waals surface area contributed by atoms with Crippen LogP contribution in [-0.4, -0.2) is 0 Å². The second-order valence-corrected chi connectivity index (χ2v) is 4.83. The minimum absolute atomic E-state index is 0.136. The SMILES string of the molecule is CCC[C@@H](N)c1cc(Br)ccc1Br. The van der Waals surface area contributed by atoms with Gasteiger partial charge in [0.2, 0.25) is 0 Å². The lowest BCUT2D eigenvalue weighted by molar-refractivity contribution is 0.636. The maximum atomic E-state index is 6.02. The normalized spacial score (nSPS) is 12.9. The summed E-state index contributed by atoms with van der Waals surface area (Å²) in [5.74, 6) is 0. The molecule has 0 aromatic heterocycles. The number of benzene rings is 1. The molecule has 72 valence electrons. The van der Waals surface area contributed by atoms with Crippen molar-refractivity contribution < 1.29 is 0 Å². The summed E-state index contributed by atoms with van der Waals surface area (Å²) in [5, 5.41) is 0. The number of rotatable bonds is 3. The molecule has 0 bridgehead atoms. The van der Waals surface area contributed by atoms with Gasteiger partial charge in [0.25, 0.3) is 0 Å². The molecule has 1 aromatic carbocycles. The van der Waals surface area contributed by atoms with Crippen LogP contribution in [0.5, 0.6) is 0 Å². The molecule has 0 aliphatic rings. The Balaban J connectivity index is 2.91. The highest BCUT2D eigenvalue weighted by molar-refractivity contribution is 9.11. The zero-order valence-corrected chi connectivity index (χ0v) is 10.7. The van der Waals surface area contributed by atoms with E-state index < -0.39 is 0 Å². The molecule has 13 heavy (non-hydrogen) atoms. The molecule has 0 saturated heterocycles. The van der Waals surface area contributed by atoms with E-state index >= 15 is 0 Å². The van der Waals surface area contributed by atoms with Gasteiger partial charge in [0, 0.05) is 15.0 Å². The Kier molecular flexibility index (Phi) is 4.42. The third kappa shape index (κ3) is 3.08. The average molecular weight is 307 g/mol. The zero-order chi connectivity index (χ0) is 9.84. The second-order valence-electron chi connectivity index (χ2n) is 3.06. The molecule has 2 N–H and O–H groups in total. The first-order valence-corrected chi connectivity index (χ1v) is 5.94. The summed E-state index contributed by atoms with van der Waals surface area (Å²) in [5.41, 5.74) is 7.20. The third-order valence-electron chi connectivity index (χ3n) is 1.96. The first-order valence-electron chi connectivity index (χ1n) is 4.35. The van der Waals surface area contributed by atoms with Crippen molar-refractivity contribution in [1.82, 2.24) is 0 Å². The Labute approximate surface area is 96.0 Å². The van der Waals surface area contributed by atoms with Gasteiger partial charge in [-0.1, -0.05) is 45.2 Å². The van der Waals surface area contributed by atoms with E-state index in [9.17, 15) is 0 Å². The van der Waals surface area contributed by atoms with E-state index in [1.807, 2.05) is 12.1 Å². The Hall–Kier alpha value is 0.140. The van der Waals surface area contributed by atoms with E-state index in [4.69, 9.17) is 5.73 Å². The maximum Gasteiger partial charge on any atom is 0.0306 e. The monoisotopic (exact) mass is 305 g/mol. The minimum atomic E-state index is 0.136. The summed E-state index contributed by atoms with van der Waals surface area (Å²) in [6, 6.07) is 6.24. The van der Waals surface area contributed by atoms with E-state index in [1.54, 1.807) is 0 Å². The van der Waals surface area contributed by atoms with E-state index in [1.165, 1.54) is 5.56 Å². The molecule has 0 unspecified atom stereocenters. The quantitative estimate of drug-likeness (QED) is 0.897. The number of hydrogen-bond donors (Lipinski definition) is 1. The van der Waals surface area contributed by atoms with Crippen LogP contribution in [0.3, 0.4) is 0 Å². The highest BCUT2D eigenvalue weighted by Crippen LogP contribution is 2.27. The van der Waals surface area contributed by atoms with Gasteiger partial charge >= 0.3 is 0 Å². The molecule has 1 aromatic rings. The van der Waals surface area contributed by atoms with Crippen LogP contribution in [-0.2, 0) is 0 Å². The van der Waals surface area contributed by atoms with E-state index in [2.05, 4.69) is 44.8 Å². The van der Waals surface area contributed by atoms with Gasteiger partial charge in [-0.3, -0.25) is 0 Å². The van der Waals surface area contributed by atoms with Crippen LogP contribution in [0, 0.1) is 0 Å². The number of halogens is 2. The zero-order valence-electron chi connectivity index (χ0n) is 7.56. The molecular weight excluding hydrogens is 294 g/mol. The van der Waals surface area contributed by atoms with Crippen LogP contribution >= 0.6 is 31.9 Å². The van der Waals surface area contributed by atoms with Crippen LogP contribution in [0.25, 0.3) is 0 Å². The molecule has 3 heteroatoms. The summed E-state index contributed by atoms with van der Waals surface area (Å²) in [4.78, 5) is 0. The fourth-order valence-electron chi connectivity index (χ4n) is 1.27. The molecule has 0 radical (unpaired) electrons. The largest absolute Gasteiger partial charge is 0.324 e. The van der Waals surface area contributed by atoms with E-state index in [-0.39, 0.29) is 6.04 Å². The predicted molar refractivity (Wildman–Crippen MR) is 63.7 cm³/mol. The Morgan fingerprint density at radius 2 is 2.08 bits per heavy atom. The van der Waals surface area contributed by atoms with Crippen molar-refractivity contribution in [2.75, 3.05) is 0 Å². The van der Waals surface area contributed by atoms with Crippen molar-refractivity contribution >= 4 is 31.9 Å². The first kappa shape index (κ1) is 11.2. The van der Waals surface area contributed by atoms with Gasteiger partial charge in [-0.25, -0.2) is 0 Å². The van der Waals surface area contributed by atoms with Crippen molar-refractivity contribution in [3.05, 3.63) is 32.7 Å². The fraction of sp³-hybridized carbons (Fsp3) is 0.400. The summed E-state index contributed by atoms with van der Waals surface area (Å²) in [7, 11) is 0. The summed E-state index contributed by atoms with van der Waals surface area (Å²) < 4.78 is 2.17. The molecule has 0 fully saturated rings. The van der Waals surface area contributed by atoms with Gasteiger partial charge in [0.15, 0.2) is 0 Å². The van der Waals surface area contributed by atoms with Gasteiger partial charge in [0.05, 0.1) is 0 Å². The standard InChI is InChI=1S/C10H13Br2N/c1-2-3-10(13)8-6-7(11)4-5-9(8)12/h4-6,10H,2-3,13H2,1H3/t10-/m1/s1. The van der Waals surface area contributed by atoms with E-state index in [0.717, 1.165) is 21.8 Å². The molecule has 0 aliphatic carbocycles. The van der Waals surface area contributed by atoms with Crippen molar-refractivity contribution in [3.63, 3.8) is 0 Å². The Morgan fingerprint density at radius 1 is 1.38 bits per heavy atom. The molecule has 1 atom stereocenters. The molecule has 0 saturated carbocycles. The van der Waals surface area contributed by atoms with Crippen molar-refractivity contribution in [2.45, 2.75) is 25.8 Å². The molecule has 1 nitrogen and oxygen atoms in total. The van der Waals surface area contributed by atoms with Crippen LogP contribution in [0.2, 0.25) is 0 Å². The van der Waals surface area contributed by atoms with Gasteiger partial charge in [-0.05, 0) is 30.2 Å². The van der Waals surface area contributed by atoms with Gasteiger partial charge < -0.3 is 5.73 Å². The van der Waals surface area contributed by atoms with Crippen molar-refractivity contribution in [3.8, 4) is 0 Å². The molecule has 1 rings (SSSR count). The molecule has 0 aliphatic heterocycles. The van der Waals surface area contributed by atoms with Crippen molar-refractivity contribution in [1.29, 1.82) is 0 Å². The van der Waals surface area contributed by atoms with Crippen LogP contribution < -0.4 is 5.73 Å². The van der Waals surface area contributed by atoms with Gasteiger partial charge in [-0.2, -0.15) is 0 Å². The van der Waals surface area contributed by atoms with Gasteiger partial charge in [0.1, 0.15) is 0 Å². The minimum Gasteiger partial charge on any atom is -0.324 e. The number of nitrogens with two attached hydrogens (primary N) is 1. The third-order valence-corrected chi connectivity index (χ3v) is 3.17. The molecule has 0 spiro atoms. The second kappa shape index (κ2) is 5.13. The Morgan fingerprint density at radius 3 is 2.69 bits per heavy atom. The lowest BCUT2D eigenvalue weighted by atomic mass is 10.0. The maximum absolute atomic E-state index is 6.02. The van der Waals surface area contributed by atoms with Crippen LogP contribution in [0.1, 0.15) is 31.4 Å². The van der Waals surface area contributed by atoms with E-state index in [0.29, 0.717) is 0 Å². The lowest BCUT2D eigenvalue weighted by Gasteiger charge is -2.12. The van der Waals surface area contributed by atoms with Crippen LogP contribution in [0.15, 0.2) is 27.1 Å². The highest BCUT2D eigenvalue weighted by atomic mass is 79.9. The molecule has 0 amide bonds. The topological polar surface area (TPSA) is 26.0 Å². The summed E-state index contributed by atoms with van der Waals surface area (Å²) in [6.07, 6.45) is 2.13. The summed E-state index contributed by atoms with van der Waals surface area (Å²) >= 11 is 6.94. The molecule has 0 heterocycles. The highest BCUT2D eigenvalue weighted by Gasteiger charge is 2.08. The smallest absolute Gasteiger partial charge is 0.0306 e. The van der Waals surface area contributed by atoms with Gasteiger partial charge in [-0.15, -0.1) is 0 Å².